The van der Waals surface area contributed by atoms with Crippen molar-refractivity contribution >= 4 is 11.6 Å². The van der Waals surface area contributed by atoms with Crippen LogP contribution >= 0.6 is 0 Å². The number of amides is 1. The highest BCUT2D eigenvalue weighted by Crippen LogP contribution is 2.36. The van der Waals surface area contributed by atoms with E-state index in [1.54, 1.807) is 7.11 Å². The van der Waals surface area contributed by atoms with Crippen LogP contribution in [0.1, 0.15) is 38.7 Å². The number of ether oxygens (including phenoxy) is 2. The lowest BCUT2D eigenvalue weighted by molar-refractivity contribution is -0.119. The molecule has 4 nitrogen and oxygen atoms in total. The highest BCUT2D eigenvalue weighted by molar-refractivity contribution is 5.90. The van der Waals surface area contributed by atoms with Crippen molar-refractivity contribution in [1.82, 2.24) is 0 Å². The predicted octanol–water partition coefficient (Wildman–Crippen LogP) is 5.09. The topological polar surface area (TPSA) is 47.6 Å². The van der Waals surface area contributed by atoms with Crippen molar-refractivity contribution in [2.45, 2.75) is 45.1 Å². The van der Waals surface area contributed by atoms with Crippen LogP contribution in [0, 0.1) is 11.8 Å². The fourth-order valence-electron chi connectivity index (χ4n) is 4.13. The number of methoxy groups -OCH3 is 1. The average Bonchev–Trinajstić information content (AvgIpc) is 2.68. The molecule has 28 heavy (non-hydrogen) atoms. The van der Waals surface area contributed by atoms with Gasteiger partial charge in [-0.15, -0.1) is 0 Å². The van der Waals surface area contributed by atoms with Gasteiger partial charge in [-0.05, 0) is 74.8 Å². The molecule has 0 radical (unpaired) electrons. The summed E-state index contributed by atoms with van der Waals surface area (Å²) in [6, 6.07) is 17.9. The number of nitrogens with one attached hydrogen (secondary N) is 1. The van der Waals surface area contributed by atoms with E-state index in [1.165, 1.54) is 5.56 Å². The third kappa shape index (κ3) is 5.83. The maximum absolute atomic E-state index is 12.8. The Morgan fingerprint density at radius 2 is 1.89 bits per heavy atom. The summed E-state index contributed by atoms with van der Waals surface area (Å²) in [5, 5.41) is 3.04. The molecule has 1 heterocycles. The lowest BCUT2D eigenvalue weighted by Gasteiger charge is -2.39. The van der Waals surface area contributed by atoms with Crippen LogP contribution in [0.4, 0.5) is 5.69 Å². The van der Waals surface area contributed by atoms with E-state index in [1.807, 2.05) is 30.3 Å². The molecule has 1 fully saturated rings. The maximum atomic E-state index is 12.8. The Bertz CT molecular complexity index is 755. The van der Waals surface area contributed by atoms with Crippen LogP contribution in [0.5, 0.6) is 5.75 Å². The molecule has 3 rings (SSSR count). The zero-order valence-corrected chi connectivity index (χ0v) is 17.1. The van der Waals surface area contributed by atoms with E-state index in [-0.39, 0.29) is 11.5 Å². The molecule has 2 atom stereocenters. The maximum Gasteiger partial charge on any atom is 0.224 e. The molecule has 0 saturated carbocycles. The zero-order valence-electron chi connectivity index (χ0n) is 17.1. The smallest absolute Gasteiger partial charge is 0.224 e. The van der Waals surface area contributed by atoms with Crippen molar-refractivity contribution in [1.29, 1.82) is 0 Å². The molecule has 0 aliphatic carbocycles. The Balaban J connectivity index is 1.69. The minimum Gasteiger partial charge on any atom is -0.497 e. The van der Waals surface area contributed by atoms with E-state index in [9.17, 15) is 4.79 Å². The molecule has 1 aliphatic rings. The van der Waals surface area contributed by atoms with Gasteiger partial charge in [0.25, 0.3) is 0 Å². The van der Waals surface area contributed by atoms with Gasteiger partial charge in [-0.1, -0.05) is 30.3 Å². The van der Waals surface area contributed by atoms with Crippen LogP contribution in [-0.2, 0) is 16.0 Å². The first-order valence-corrected chi connectivity index (χ1v) is 10.1. The molecular weight excluding hydrogens is 350 g/mol. The summed E-state index contributed by atoms with van der Waals surface area (Å²) in [7, 11) is 1.64. The third-order valence-corrected chi connectivity index (χ3v) is 5.56. The van der Waals surface area contributed by atoms with Crippen LogP contribution in [0.2, 0.25) is 0 Å². The molecule has 0 bridgehead atoms. The molecule has 2 aromatic carbocycles. The first-order valence-electron chi connectivity index (χ1n) is 10.1. The van der Waals surface area contributed by atoms with Crippen LogP contribution in [0.25, 0.3) is 0 Å². The highest BCUT2D eigenvalue weighted by atomic mass is 16.5. The SMILES string of the molecule is COc1ccc(NC(=O)C[C@H](Cc2ccccc2)[C@@H]2CCOC(C)(C)C2)cc1. The van der Waals surface area contributed by atoms with Gasteiger partial charge in [-0.25, -0.2) is 0 Å². The van der Waals surface area contributed by atoms with Gasteiger partial charge in [0.1, 0.15) is 5.75 Å². The van der Waals surface area contributed by atoms with Gasteiger partial charge in [-0.2, -0.15) is 0 Å². The monoisotopic (exact) mass is 381 g/mol. The van der Waals surface area contributed by atoms with Crippen molar-refractivity contribution in [3.8, 4) is 5.75 Å². The third-order valence-electron chi connectivity index (χ3n) is 5.56. The first-order chi connectivity index (χ1) is 13.4. The van der Waals surface area contributed by atoms with Crippen LogP contribution in [0.3, 0.4) is 0 Å². The van der Waals surface area contributed by atoms with Crippen molar-refractivity contribution in [2.24, 2.45) is 11.8 Å². The largest absolute Gasteiger partial charge is 0.497 e. The number of hydrogen-bond donors (Lipinski definition) is 1. The zero-order chi connectivity index (χ0) is 20.0. The molecule has 1 N–H and O–H groups in total. The number of rotatable bonds is 7. The Kier molecular flexibility index (Phi) is 6.74. The fourth-order valence-corrected chi connectivity index (χ4v) is 4.13. The number of carbonyl (C=O) groups excluding carboxylic acids is 1. The van der Waals surface area contributed by atoms with E-state index in [4.69, 9.17) is 9.47 Å². The van der Waals surface area contributed by atoms with Gasteiger partial charge in [-0.3, -0.25) is 4.79 Å². The lowest BCUT2D eigenvalue weighted by atomic mass is 9.75. The molecule has 1 amide bonds. The van der Waals surface area contributed by atoms with Crippen LogP contribution in [-0.4, -0.2) is 25.2 Å². The van der Waals surface area contributed by atoms with Crippen LogP contribution < -0.4 is 10.1 Å². The van der Waals surface area contributed by atoms with Gasteiger partial charge in [0.2, 0.25) is 5.91 Å². The minimum absolute atomic E-state index is 0.0652. The second-order valence-electron chi connectivity index (χ2n) is 8.29. The van der Waals surface area contributed by atoms with E-state index in [0.29, 0.717) is 18.3 Å². The van der Waals surface area contributed by atoms with E-state index >= 15 is 0 Å². The van der Waals surface area contributed by atoms with Crippen molar-refractivity contribution in [3.63, 3.8) is 0 Å². The van der Waals surface area contributed by atoms with Gasteiger partial charge in [0.05, 0.1) is 12.7 Å². The quantitative estimate of drug-likeness (QED) is 0.727. The predicted molar refractivity (Wildman–Crippen MR) is 113 cm³/mol. The molecule has 150 valence electrons. The second-order valence-corrected chi connectivity index (χ2v) is 8.29. The van der Waals surface area contributed by atoms with Gasteiger partial charge in [0, 0.05) is 18.7 Å². The molecular formula is C24H31NO3. The summed E-state index contributed by atoms with van der Waals surface area (Å²) in [4.78, 5) is 12.8. The summed E-state index contributed by atoms with van der Waals surface area (Å²) >= 11 is 0. The Morgan fingerprint density at radius 1 is 1.18 bits per heavy atom. The summed E-state index contributed by atoms with van der Waals surface area (Å²) < 4.78 is 11.1. The fraction of sp³-hybridized carbons (Fsp3) is 0.458. The first kappa shape index (κ1) is 20.4. The van der Waals surface area contributed by atoms with E-state index in [2.05, 4.69) is 43.4 Å². The summed E-state index contributed by atoms with van der Waals surface area (Å²) in [5.41, 5.74) is 1.97. The summed E-state index contributed by atoms with van der Waals surface area (Å²) in [6.45, 7) is 5.06. The molecule has 4 heteroatoms. The second kappa shape index (κ2) is 9.24. The molecule has 1 saturated heterocycles. The number of carbonyl (C=O) groups is 1. The standard InChI is InChI=1S/C24H31NO3/c1-24(2)17-19(13-14-28-24)20(15-18-7-5-4-6-8-18)16-23(26)25-21-9-11-22(27-3)12-10-21/h4-12,19-20H,13-17H2,1-3H3,(H,25,26)/t19-,20+/m1/s1. The lowest BCUT2D eigenvalue weighted by Crippen LogP contribution is -2.38. The van der Waals surface area contributed by atoms with Crippen molar-refractivity contribution in [2.75, 3.05) is 19.0 Å². The van der Waals surface area contributed by atoms with Crippen molar-refractivity contribution in [3.05, 3.63) is 60.2 Å². The molecule has 2 aromatic rings. The van der Waals surface area contributed by atoms with Crippen molar-refractivity contribution < 1.29 is 14.3 Å². The molecule has 0 spiro atoms. The Labute approximate surface area is 168 Å². The number of anilines is 1. The highest BCUT2D eigenvalue weighted by Gasteiger charge is 2.34. The Hall–Kier alpha value is -2.33. The molecule has 0 unspecified atom stereocenters. The number of benzene rings is 2. The Morgan fingerprint density at radius 3 is 2.54 bits per heavy atom. The summed E-state index contributed by atoms with van der Waals surface area (Å²) in [6.07, 6.45) is 3.43. The summed E-state index contributed by atoms with van der Waals surface area (Å²) in [5.74, 6) is 1.62. The number of hydrogen-bond acceptors (Lipinski definition) is 3. The molecule has 0 aromatic heterocycles. The minimum atomic E-state index is -0.121. The van der Waals surface area contributed by atoms with Gasteiger partial charge >= 0.3 is 0 Å². The van der Waals surface area contributed by atoms with Crippen LogP contribution in [0.15, 0.2) is 54.6 Å². The van der Waals surface area contributed by atoms with Gasteiger partial charge < -0.3 is 14.8 Å². The molecule has 1 aliphatic heterocycles. The van der Waals surface area contributed by atoms with E-state index in [0.717, 1.165) is 37.3 Å². The van der Waals surface area contributed by atoms with E-state index < -0.39 is 0 Å². The van der Waals surface area contributed by atoms with Gasteiger partial charge in [0.15, 0.2) is 0 Å². The average molecular weight is 382 g/mol. The normalized spacial score (nSPS) is 19.6.